The summed E-state index contributed by atoms with van der Waals surface area (Å²) in [6.07, 6.45) is 2.34. The van der Waals surface area contributed by atoms with Crippen LogP contribution in [-0.2, 0) is 0 Å². The third-order valence-electron chi connectivity index (χ3n) is 2.71. The first-order chi connectivity index (χ1) is 8.31. The molecule has 0 amide bonds. The van der Waals surface area contributed by atoms with Gasteiger partial charge >= 0.3 is 0 Å². The number of carbonyl (C=O) groups is 1. The van der Waals surface area contributed by atoms with E-state index in [1.807, 2.05) is 53.9 Å². The van der Waals surface area contributed by atoms with E-state index in [1.165, 1.54) is 11.3 Å². The number of Topliss-reactive ketones (excluding diaryl/α,β-unsaturated/α-hetero) is 1. The maximum Gasteiger partial charge on any atom is 0.173 e. The summed E-state index contributed by atoms with van der Waals surface area (Å²) < 4.78 is 0. The molecule has 0 aliphatic carbocycles. The van der Waals surface area contributed by atoms with Gasteiger partial charge in [0.1, 0.15) is 0 Å². The first kappa shape index (κ1) is 11.8. The van der Waals surface area contributed by atoms with E-state index in [0.29, 0.717) is 6.42 Å². The van der Waals surface area contributed by atoms with E-state index < -0.39 is 0 Å². The summed E-state index contributed by atoms with van der Waals surface area (Å²) in [7, 11) is 0. The van der Waals surface area contributed by atoms with Gasteiger partial charge in [0, 0.05) is 12.3 Å². The Labute approximate surface area is 105 Å². The first-order valence-corrected chi connectivity index (χ1v) is 6.43. The van der Waals surface area contributed by atoms with Gasteiger partial charge in [-0.25, -0.2) is 0 Å². The van der Waals surface area contributed by atoms with Gasteiger partial charge in [-0.3, -0.25) is 4.79 Å². The summed E-state index contributed by atoms with van der Waals surface area (Å²) in [5, 5.41) is 1.93. The molecule has 2 rings (SSSR count). The number of carbonyl (C=O) groups excluding carboxylic acids is 1. The van der Waals surface area contributed by atoms with E-state index in [0.717, 1.165) is 10.4 Å². The Balaban J connectivity index is 2.11. The van der Waals surface area contributed by atoms with Gasteiger partial charge in [0.15, 0.2) is 5.78 Å². The first-order valence-electron chi connectivity index (χ1n) is 5.55. The normalized spacial score (nSPS) is 12.0. The van der Waals surface area contributed by atoms with Gasteiger partial charge in [0.2, 0.25) is 0 Å². The quantitative estimate of drug-likeness (QED) is 0.564. The van der Waals surface area contributed by atoms with Crippen LogP contribution in [0.1, 0.15) is 27.6 Å². The van der Waals surface area contributed by atoms with Crippen LogP contribution in [-0.4, -0.2) is 5.78 Å². The van der Waals surface area contributed by atoms with Gasteiger partial charge in [0.25, 0.3) is 0 Å². The minimum absolute atomic E-state index is 0.103. The largest absolute Gasteiger partial charge is 0.293 e. The van der Waals surface area contributed by atoms with E-state index in [9.17, 15) is 4.79 Å². The van der Waals surface area contributed by atoms with E-state index in [4.69, 9.17) is 0 Å². The molecule has 0 N–H and O–H groups in total. The van der Waals surface area contributed by atoms with Gasteiger partial charge < -0.3 is 0 Å². The lowest BCUT2D eigenvalue weighted by molar-refractivity contribution is 0.0982. The van der Waals surface area contributed by atoms with E-state index in [1.54, 1.807) is 0 Å². The zero-order valence-corrected chi connectivity index (χ0v) is 10.3. The van der Waals surface area contributed by atoms with Crippen molar-refractivity contribution in [2.45, 2.75) is 12.3 Å². The number of allylic oxidation sites excluding steroid dienone is 1. The second-order valence-corrected chi connectivity index (χ2v) is 4.81. The molecule has 1 unspecified atom stereocenters. The Morgan fingerprint density at radius 1 is 1.24 bits per heavy atom. The third-order valence-corrected chi connectivity index (χ3v) is 3.62. The summed E-state index contributed by atoms with van der Waals surface area (Å²) in [5.41, 5.74) is 1.15. The summed E-state index contributed by atoms with van der Waals surface area (Å²) in [5.74, 6) is 0.291. The number of hydrogen-bond donors (Lipinski definition) is 0. The Morgan fingerprint density at radius 3 is 2.59 bits per heavy atom. The van der Waals surface area contributed by atoms with E-state index >= 15 is 0 Å². The molecule has 1 atom stereocenters. The van der Waals surface area contributed by atoms with Crippen molar-refractivity contribution in [3.05, 3.63) is 70.9 Å². The lowest BCUT2D eigenvalue weighted by atomic mass is 9.93. The number of ketones is 1. The summed E-state index contributed by atoms with van der Waals surface area (Å²) in [6.45, 7) is 3.82. The van der Waals surface area contributed by atoms with Crippen LogP contribution in [0.4, 0.5) is 0 Å². The van der Waals surface area contributed by atoms with Crippen LogP contribution in [0.3, 0.4) is 0 Å². The molecule has 1 aromatic heterocycles. The molecule has 17 heavy (non-hydrogen) atoms. The van der Waals surface area contributed by atoms with Crippen molar-refractivity contribution >= 4 is 17.1 Å². The fraction of sp³-hybridized carbons (Fsp3) is 0.133. The fourth-order valence-corrected chi connectivity index (χ4v) is 2.45. The molecule has 0 saturated carbocycles. The molecule has 86 valence electrons. The van der Waals surface area contributed by atoms with Gasteiger partial charge in [-0.1, -0.05) is 42.5 Å². The van der Waals surface area contributed by atoms with Crippen LogP contribution < -0.4 is 0 Å². The predicted molar refractivity (Wildman–Crippen MR) is 72.6 cm³/mol. The summed E-state index contributed by atoms with van der Waals surface area (Å²) >= 11 is 1.49. The van der Waals surface area contributed by atoms with Crippen LogP contribution in [0.5, 0.6) is 0 Å². The number of benzene rings is 1. The molecular formula is C15H14OS. The molecule has 1 nitrogen and oxygen atoms in total. The minimum Gasteiger partial charge on any atom is -0.293 e. The highest BCUT2D eigenvalue weighted by Gasteiger charge is 2.14. The second-order valence-electron chi connectivity index (χ2n) is 3.86. The highest BCUT2D eigenvalue weighted by Crippen LogP contribution is 2.23. The van der Waals surface area contributed by atoms with Crippen molar-refractivity contribution in [2.24, 2.45) is 0 Å². The molecule has 0 radical (unpaired) electrons. The van der Waals surface area contributed by atoms with Crippen LogP contribution >= 0.6 is 11.3 Å². The van der Waals surface area contributed by atoms with Gasteiger partial charge in [-0.2, -0.15) is 0 Å². The van der Waals surface area contributed by atoms with Crippen LogP contribution in [0.25, 0.3) is 0 Å². The molecule has 0 bridgehead atoms. The van der Waals surface area contributed by atoms with Gasteiger partial charge in [-0.05, 0) is 17.0 Å². The molecule has 1 heterocycles. The summed E-state index contributed by atoms with van der Waals surface area (Å²) in [4.78, 5) is 12.8. The number of thiophene rings is 1. The zero-order valence-electron chi connectivity index (χ0n) is 9.50. The average Bonchev–Trinajstić information content (AvgIpc) is 2.90. The van der Waals surface area contributed by atoms with Crippen molar-refractivity contribution in [2.75, 3.05) is 0 Å². The lowest BCUT2D eigenvalue weighted by Gasteiger charge is -2.11. The second kappa shape index (κ2) is 5.60. The number of hydrogen-bond acceptors (Lipinski definition) is 2. The lowest BCUT2D eigenvalue weighted by Crippen LogP contribution is -2.04. The van der Waals surface area contributed by atoms with Crippen molar-refractivity contribution in [3.63, 3.8) is 0 Å². The molecular weight excluding hydrogens is 228 g/mol. The molecule has 0 fully saturated rings. The Kier molecular flexibility index (Phi) is 3.89. The molecule has 0 aliphatic heterocycles. The molecule has 1 aromatic carbocycles. The monoisotopic (exact) mass is 242 g/mol. The van der Waals surface area contributed by atoms with Crippen LogP contribution in [0.2, 0.25) is 0 Å². The van der Waals surface area contributed by atoms with Crippen molar-refractivity contribution in [1.82, 2.24) is 0 Å². The molecule has 0 spiro atoms. The Morgan fingerprint density at radius 2 is 2.00 bits per heavy atom. The minimum atomic E-state index is 0.103. The third kappa shape index (κ3) is 2.92. The average molecular weight is 242 g/mol. The molecule has 0 saturated heterocycles. The van der Waals surface area contributed by atoms with Crippen LogP contribution in [0.15, 0.2) is 60.5 Å². The smallest absolute Gasteiger partial charge is 0.173 e. The topological polar surface area (TPSA) is 17.1 Å². The van der Waals surface area contributed by atoms with Crippen molar-refractivity contribution in [3.8, 4) is 0 Å². The van der Waals surface area contributed by atoms with Gasteiger partial charge in [0.05, 0.1) is 4.88 Å². The van der Waals surface area contributed by atoms with E-state index in [-0.39, 0.29) is 11.7 Å². The van der Waals surface area contributed by atoms with Crippen molar-refractivity contribution < 1.29 is 4.79 Å². The molecule has 2 aromatic rings. The molecule has 0 aliphatic rings. The van der Waals surface area contributed by atoms with Crippen molar-refractivity contribution in [1.29, 1.82) is 0 Å². The fourth-order valence-electron chi connectivity index (χ4n) is 1.78. The standard InChI is InChI=1S/C15H14OS/c1-2-12(13-7-4-3-5-8-13)11-14(16)15-9-6-10-17-15/h2-10,12H,1,11H2. The predicted octanol–water partition coefficient (Wildman–Crippen LogP) is 4.29. The van der Waals surface area contributed by atoms with E-state index in [2.05, 4.69) is 6.58 Å². The number of rotatable bonds is 5. The summed E-state index contributed by atoms with van der Waals surface area (Å²) in [6, 6.07) is 13.8. The Hall–Kier alpha value is -1.67. The maximum atomic E-state index is 12.0. The zero-order chi connectivity index (χ0) is 12.1. The van der Waals surface area contributed by atoms with Crippen LogP contribution in [0, 0.1) is 0 Å². The molecule has 2 heteroatoms. The van der Waals surface area contributed by atoms with Gasteiger partial charge in [-0.15, -0.1) is 17.9 Å². The Bertz CT molecular complexity index is 485. The SMILES string of the molecule is C=CC(CC(=O)c1cccs1)c1ccccc1. The highest BCUT2D eigenvalue weighted by molar-refractivity contribution is 7.12. The highest BCUT2D eigenvalue weighted by atomic mass is 32.1. The maximum absolute atomic E-state index is 12.0.